The summed E-state index contributed by atoms with van der Waals surface area (Å²) in [5, 5.41) is 9.90. The summed E-state index contributed by atoms with van der Waals surface area (Å²) in [6.45, 7) is 0.863. The van der Waals surface area contributed by atoms with Crippen LogP contribution in [-0.2, 0) is 4.79 Å². The average Bonchev–Trinajstić information content (AvgIpc) is 3.11. The highest BCUT2D eigenvalue weighted by atomic mass is 32.1. The van der Waals surface area contributed by atoms with E-state index in [4.69, 9.17) is 9.84 Å². The molecule has 1 atom stereocenters. The van der Waals surface area contributed by atoms with Crippen molar-refractivity contribution in [2.75, 3.05) is 20.2 Å². The molecule has 0 aliphatic carbocycles. The number of carboxylic acids is 1. The van der Waals surface area contributed by atoms with E-state index in [1.807, 2.05) is 24.3 Å². The molecule has 1 saturated heterocycles. The Labute approximate surface area is 143 Å². The number of nitrogens with zero attached hydrogens (tertiary/aromatic N) is 2. The predicted molar refractivity (Wildman–Crippen MR) is 90.4 cm³/mol. The van der Waals surface area contributed by atoms with E-state index in [0.29, 0.717) is 24.3 Å². The van der Waals surface area contributed by atoms with Crippen molar-refractivity contribution in [1.29, 1.82) is 0 Å². The zero-order valence-corrected chi connectivity index (χ0v) is 14.1. The van der Waals surface area contributed by atoms with E-state index in [-0.39, 0.29) is 12.5 Å². The molecule has 1 amide bonds. The summed E-state index contributed by atoms with van der Waals surface area (Å²) in [6.07, 6.45) is 2.91. The van der Waals surface area contributed by atoms with E-state index < -0.39 is 11.9 Å². The molecule has 0 bridgehead atoms. The normalized spacial score (nSPS) is 17.5. The second-order valence-corrected chi connectivity index (χ2v) is 6.72. The lowest BCUT2D eigenvalue weighted by atomic mass is 9.98. The van der Waals surface area contributed by atoms with Gasteiger partial charge in [-0.15, -0.1) is 11.3 Å². The second-order valence-electron chi connectivity index (χ2n) is 5.69. The van der Waals surface area contributed by atoms with Gasteiger partial charge in [0, 0.05) is 18.7 Å². The molecule has 1 aromatic heterocycles. The number of hydrogen-bond donors (Lipinski definition) is 1. The molecule has 126 valence electrons. The third kappa shape index (κ3) is 3.41. The lowest BCUT2D eigenvalue weighted by Gasteiger charge is -2.30. The molecule has 0 saturated carbocycles. The van der Waals surface area contributed by atoms with E-state index in [1.165, 1.54) is 11.3 Å². The van der Waals surface area contributed by atoms with Crippen molar-refractivity contribution in [3.8, 4) is 16.3 Å². The highest BCUT2D eigenvalue weighted by molar-refractivity contribution is 7.16. The van der Waals surface area contributed by atoms with Crippen molar-refractivity contribution < 1.29 is 19.4 Å². The molecule has 1 aliphatic rings. The molecule has 1 aromatic carbocycles. The number of benzene rings is 1. The first kappa shape index (κ1) is 16.4. The van der Waals surface area contributed by atoms with Gasteiger partial charge in [-0.05, 0) is 37.1 Å². The first-order valence-corrected chi connectivity index (χ1v) is 8.52. The molecule has 3 rings (SSSR count). The van der Waals surface area contributed by atoms with Gasteiger partial charge in [-0.1, -0.05) is 0 Å². The average molecular weight is 346 g/mol. The van der Waals surface area contributed by atoms with Gasteiger partial charge in [0.15, 0.2) is 0 Å². The van der Waals surface area contributed by atoms with Crippen LogP contribution >= 0.6 is 11.3 Å². The first-order chi connectivity index (χ1) is 11.6. The molecular formula is C17H18N2O4S. The minimum absolute atomic E-state index is 0.141. The van der Waals surface area contributed by atoms with Gasteiger partial charge in [-0.25, -0.2) is 4.98 Å². The number of rotatable bonds is 4. The summed E-state index contributed by atoms with van der Waals surface area (Å²) < 4.78 is 5.13. The number of likely N-dealkylation sites (tertiary alicyclic amines) is 1. The number of thiazole rings is 1. The number of methoxy groups -OCH3 is 1. The van der Waals surface area contributed by atoms with Gasteiger partial charge in [0.25, 0.3) is 5.91 Å². The minimum atomic E-state index is -0.837. The van der Waals surface area contributed by atoms with E-state index >= 15 is 0 Å². The van der Waals surface area contributed by atoms with Crippen molar-refractivity contribution in [2.24, 2.45) is 5.92 Å². The number of carbonyl (C=O) groups excluding carboxylic acids is 1. The van der Waals surface area contributed by atoms with Gasteiger partial charge in [0.05, 0.1) is 19.2 Å². The number of carbonyl (C=O) groups is 2. The fourth-order valence-electron chi connectivity index (χ4n) is 2.76. The van der Waals surface area contributed by atoms with Gasteiger partial charge >= 0.3 is 5.97 Å². The predicted octanol–water partition coefficient (Wildman–Crippen LogP) is 2.76. The number of aromatic nitrogens is 1. The maximum Gasteiger partial charge on any atom is 0.308 e. The minimum Gasteiger partial charge on any atom is -0.497 e. The molecule has 1 unspecified atom stereocenters. The molecule has 1 fully saturated rings. The van der Waals surface area contributed by atoms with Gasteiger partial charge in [0.1, 0.15) is 15.6 Å². The summed E-state index contributed by atoms with van der Waals surface area (Å²) in [5.74, 6) is -0.690. The molecule has 1 aliphatic heterocycles. The van der Waals surface area contributed by atoms with Crippen LogP contribution in [0.5, 0.6) is 5.75 Å². The fraction of sp³-hybridized carbons (Fsp3) is 0.353. The summed E-state index contributed by atoms with van der Waals surface area (Å²) in [6, 6.07) is 7.49. The quantitative estimate of drug-likeness (QED) is 0.921. The monoisotopic (exact) mass is 346 g/mol. The molecule has 0 radical (unpaired) electrons. The Morgan fingerprint density at radius 2 is 2.08 bits per heavy atom. The third-order valence-electron chi connectivity index (χ3n) is 4.11. The number of hydrogen-bond acceptors (Lipinski definition) is 5. The third-order valence-corrected chi connectivity index (χ3v) is 5.15. The van der Waals surface area contributed by atoms with E-state index in [9.17, 15) is 9.59 Å². The maximum atomic E-state index is 12.6. The topological polar surface area (TPSA) is 79.7 Å². The Kier molecular flexibility index (Phi) is 4.80. The molecule has 1 N–H and O–H groups in total. The number of carboxylic acid groups (broad SMARTS) is 1. The maximum absolute atomic E-state index is 12.6. The van der Waals surface area contributed by atoms with Gasteiger partial charge < -0.3 is 14.7 Å². The Morgan fingerprint density at radius 3 is 2.75 bits per heavy atom. The van der Waals surface area contributed by atoms with Crippen LogP contribution in [-0.4, -0.2) is 47.1 Å². The zero-order chi connectivity index (χ0) is 17.1. The smallest absolute Gasteiger partial charge is 0.308 e. The summed E-state index contributed by atoms with van der Waals surface area (Å²) in [7, 11) is 1.61. The molecule has 24 heavy (non-hydrogen) atoms. The SMILES string of the molecule is COc1ccc(-c2ncc(C(=O)N3CCCC(C(=O)O)C3)s2)cc1. The fourth-order valence-corrected chi connectivity index (χ4v) is 3.65. The Morgan fingerprint density at radius 1 is 1.33 bits per heavy atom. The zero-order valence-electron chi connectivity index (χ0n) is 13.3. The summed E-state index contributed by atoms with van der Waals surface area (Å²) in [4.78, 5) is 30.2. The lowest BCUT2D eigenvalue weighted by Crippen LogP contribution is -2.42. The Balaban J connectivity index is 1.74. The Hall–Kier alpha value is -2.41. The van der Waals surface area contributed by atoms with E-state index in [2.05, 4.69) is 4.98 Å². The van der Waals surface area contributed by atoms with Gasteiger partial charge in [0.2, 0.25) is 0 Å². The standard InChI is InChI=1S/C17H18N2O4S/c1-23-13-6-4-11(5-7-13)15-18-9-14(24-15)16(20)19-8-2-3-12(10-19)17(21)22/h4-7,9,12H,2-3,8,10H2,1H3,(H,21,22). The summed E-state index contributed by atoms with van der Waals surface area (Å²) >= 11 is 1.32. The van der Waals surface area contributed by atoms with Crippen molar-refractivity contribution in [1.82, 2.24) is 9.88 Å². The van der Waals surface area contributed by atoms with Crippen molar-refractivity contribution >= 4 is 23.2 Å². The number of ether oxygens (including phenoxy) is 1. The van der Waals surface area contributed by atoms with Crippen LogP contribution in [0.15, 0.2) is 30.5 Å². The van der Waals surface area contributed by atoms with Crippen LogP contribution in [0.2, 0.25) is 0 Å². The highest BCUT2D eigenvalue weighted by Crippen LogP contribution is 2.28. The second kappa shape index (κ2) is 7.00. The van der Waals surface area contributed by atoms with Crippen molar-refractivity contribution in [3.05, 3.63) is 35.3 Å². The molecule has 7 heteroatoms. The van der Waals surface area contributed by atoms with Crippen LogP contribution in [0.25, 0.3) is 10.6 Å². The molecule has 2 heterocycles. The lowest BCUT2D eigenvalue weighted by molar-refractivity contribution is -0.143. The van der Waals surface area contributed by atoms with Gasteiger partial charge in [-0.3, -0.25) is 9.59 Å². The van der Waals surface area contributed by atoms with Crippen molar-refractivity contribution in [3.63, 3.8) is 0 Å². The number of aliphatic carboxylic acids is 1. The van der Waals surface area contributed by atoms with Gasteiger partial charge in [-0.2, -0.15) is 0 Å². The largest absolute Gasteiger partial charge is 0.497 e. The molecular weight excluding hydrogens is 328 g/mol. The highest BCUT2D eigenvalue weighted by Gasteiger charge is 2.29. The van der Waals surface area contributed by atoms with Crippen LogP contribution in [0.1, 0.15) is 22.5 Å². The van der Waals surface area contributed by atoms with E-state index in [1.54, 1.807) is 18.2 Å². The van der Waals surface area contributed by atoms with Crippen LogP contribution in [0, 0.1) is 5.92 Å². The Bertz CT molecular complexity index is 741. The first-order valence-electron chi connectivity index (χ1n) is 7.71. The molecule has 2 aromatic rings. The molecule has 6 nitrogen and oxygen atoms in total. The van der Waals surface area contributed by atoms with Crippen LogP contribution < -0.4 is 4.74 Å². The summed E-state index contributed by atoms with van der Waals surface area (Å²) in [5.41, 5.74) is 0.918. The van der Waals surface area contributed by atoms with Crippen molar-refractivity contribution in [2.45, 2.75) is 12.8 Å². The van der Waals surface area contributed by atoms with Crippen LogP contribution in [0.3, 0.4) is 0 Å². The van der Waals surface area contributed by atoms with Crippen LogP contribution in [0.4, 0.5) is 0 Å². The van der Waals surface area contributed by atoms with E-state index in [0.717, 1.165) is 16.3 Å². The number of piperidine rings is 1. The molecule has 0 spiro atoms. The number of amides is 1.